The SMILES string of the molecule is N#Cc1ccc(OCc2cc(-c3ccccc3)on2)cc1. The topological polar surface area (TPSA) is 59.0 Å². The van der Waals surface area contributed by atoms with Crippen LogP contribution < -0.4 is 4.74 Å². The van der Waals surface area contributed by atoms with E-state index in [-0.39, 0.29) is 0 Å². The standard InChI is InChI=1S/C17H12N2O2/c18-11-13-6-8-16(9-7-13)20-12-15-10-17(21-19-15)14-4-2-1-3-5-14/h1-10H,12H2. The highest BCUT2D eigenvalue weighted by Gasteiger charge is 2.06. The maximum Gasteiger partial charge on any atom is 0.167 e. The number of hydrogen-bond acceptors (Lipinski definition) is 4. The van der Waals surface area contributed by atoms with Crippen LogP contribution in [0, 0.1) is 11.3 Å². The molecule has 102 valence electrons. The van der Waals surface area contributed by atoms with Gasteiger partial charge in [-0.15, -0.1) is 0 Å². The second kappa shape index (κ2) is 5.93. The highest BCUT2D eigenvalue weighted by molar-refractivity contribution is 5.56. The zero-order valence-electron chi connectivity index (χ0n) is 11.2. The molecular weight excluding hydrogens is 264 g/mol. The van der Waals surface area contributed by atoms with Crippen LogP contribution in [0.1, 0.15) is 11.3 Å². The van der Waals surface area contributed by atoms with Crippen LogP contribution in [-0.4, -0.2) is 5.16 Å². The fraction of sp³-hybridized carbons (Fsp3) is 0.0588. The van der Waals surface area contributed by atoms with Gasteiger partial charge in [0, 0.05) is 11.6 Å². The molecule has 0 bridgehead atoms. The Balaban J connectivity index is 1.66. The van der Waals surface area contributed by atoms with Crippen LogP contribution in [0.3, 0.4) is 0 Å². The molecule has 0 radical (unpaired) electrons. The summed E-state index contributed by atoms with van der Waals surface area (Å²) in [5.74, 6) is 1.41. The number of ether oxygens (including phenoxy) is 1. The third-order valence-corrected chi connectivity index (χ3v) is 2.99. The third kappa shape index (κ3) is 3.10. The van der Waals surface area contributed by atoms with Gasteiger partial charge in [-0.2, -0.15) is 5.26 Å². The van der Waals surface area contributed by atoms with Crippen molar-refractivity contribution in [3.05, 3.63) is 71.9 Å². The van der Waals surface area contributed by atoms with E-state index in [1.165, 1.54) is 0 Å². The van der Waals surface area contributed by atoms with Gasteiger partial charge in [-0.25, -0.2) is 0 Å². The molecule has 0 fully saturated rings. The summed E-state index contributed by atoms with van der Waals surface area (Å²) in [5.41, 5.74) is 2.31. The van der Waals surface area contributed by atoms with Crippen molar-refractivity contribution in [2.75, 3.05) is 0 Å². The first kappa shape index (κ1) is 12.9. The van der Waals surface area contributed by atoms with Gasteiger partial charge in [-0.3, -0.25) is 0 Å². The Labute approximate surface area is 122 Å². The van der Waals surface area contributed by atoms with E-state index in [2.05, 4.69) is 11.2 Å². The second-order valence-electron chi connectivity index (χ2n) is 4.47. The van der Waals surface area contributed by atoms with E-state index >= 15 is 0 Å². The maximum atomic E-state index is 8.73. The highest BCUT2D eigenvalue weighted by atomic mass is 16.5. The van der Waals surface area contributed by atoms with Crippen molar-refractivity contribution >= 4 is 0 Å². The molecule has 1 aromatic heterocycles. The Morgan fingerprint density at radius 3 is 2.52 bits per heavy atom. The summed E-state index contributed by atoms with van der Waals surface area (Å²) in [6.07, 6.45) is 0. The first-order valence-corrected chi connectivity index (χ1v) is 6.49. The molecule has 0 aliphatic heterocycles. The number of hydrogen-bond donors (Lipinski definition) is 0. The Morgan fingerprint density at radius 2 is 1.81 bits per heavy atom. The molecule has 3 aromatic rings. The molecule has 0 unspecified atom stereocenters. The van der Waals surface area contributed by atoms with Crippen LogP contribution in [0.4, 0.5) is 0 Å². The van der Waals surface area contributed by atoms with Gasteiger partial charge in [-0.05, 0) is 24.3 Å². The zero-order chi connectivity index (χ0) is 14.5. The summed E-state index contributed by atoms with van der Waals surface area (Å²) in [6, 6.07) is 20.7. The molecule has 0 saturated heterocycles. The van der Waals surface area contributed by atoms with Gasteiger partial charge in [0.25, 0.3) is 0 Å². The van der Waals surface area contributed by atoms with Crippen molar-refractivity contribution in [3.8, 4) is 23.1 Å². The lowest BCUT2D eigenvalue weighted by atomic mass is 10.2. The lowest BCUT2D eigenvalue weighted by molar-refractivity contribution is 0.290. The van der Waals surface area contributed by atoms with Crippen LogP contribution in [-0.2, 0) is 6.61 Å². The van der Waals surface area contributed by atoms with Gasteiger partial charge >= 0.3 is 0 Å². The molecule has 21 heavy (non-hydrogen) atoms. The lowest BCUT2D eigenvalue weighted by Gasteiger charge is -2.02. The fourth-order valence-electron chi connectivity index (χ4n) is 1.90. The van der Waals surface area contributed by atoms with Crippen LogP contribution >= 0.6 is 0 Å². The zero-order valence-corrected chi connectivity index (χ0v) is 11.2. The van der Waals surface area contributed by atoms with E-state index in [1.807, 2.05) is 36.4 Å². The molecule has 0 saturated carbocycles. The van der Waals surface area contributed by atoms with Gasteiger partial charge in [0.1, 0.15) is 18.1 Å². The minimum atomic E-state index is 0.322. The highest BCUT2D eigenvalue weighted by Crippen LogP contribution is 2.20. The van der Waals surface area contributed by atoms with Crippen LogP contribution in [0.25, 0.3) is 11.3 Å². The average molecular weight is 276 g/mol. The predicted molar refractivity (Wildman–Crippen MR) is 77.4 cm³/mol. The molecule has 4 nitrogen and oxygen atoms in total. The largest absolute Gasteiger partial charge is 0.487 e. The minimum absolute atomic E-state index is 0.322. The average Bonchev–Trinajstić information content (AvgIpc) is 3.03. The van der Waals surface area contributed by atoms with Gasteiger partial charge < -0.3 is 9.26 Å². The van der Waals surface area contributed by atoms with E-state index < -0.39 is 0 Å². The molecule has 0 spiro atoms. The van der Waals surface area contributed by atoms with Crippen molar-refractivity contribution in [2.24, 2.45) is 0 Å². The number of aromatic nitrogens is 1. The molecule has 0 aliphatic rings. The summed E-state index contributed by atoms with van der Waals surface area (Å²) in [6.45, 7) is 0.322. The lowest BCUT2D eigenvalue weighted by Crippen LogP contribution is -1.95. The quantitative estimate of drug-likeness (QED) is 0.727. The van der Waals surface area contributed by atoms with Crippen molar-refractivity contribution in [2.45, 2.75) is 6.61 Å². The van der Waals surface area contributed by atoms with Crippen molar-refractivity contribution < 1.29 is 9.26 Å². The minimum Gasteiger partial charge on any atom is -0.487 e. The number of rotatable bonds is 4. The second-order valence-corrected chi connectivity index (χ2v) is 4.47. The molecule has 1 heterocycles. The van der Waals surface area contributed by atoms with Crippen LogP contribution in [0.15, 0.2) is 65.2 Å². The predicted octanol–water partition coefficient (Wildman–Crippen LogP) is 3.79. The van der Waals surface area contributed by atoms with Gasteiger partial charge in [0.2, 0.25) is 0 Å². The molecule has 3 rings (SSSR count). The summed E-state index contributed by atoms with van der Waals surface area (Å²) in [4.78, 5) is 0. The first-order valence-electron chi connectivity index (χ1n) is 6.49. The summed E-state index contributed by atoms with van der Waals surface area (Å²) in [7, 11) is 0. The van der Waals surface area contributed by atoms with Gasteiger partial charge in [0.15, 0.2) is 5.76 Å². The summed E-state index contributed by atoms with van der Waals surface area (Å²) < 4.78 is 10.9. The van der Waals surface area contributed by atoms with Gasteiger partial charge in [0.05, 0.1) is 11.6 Å². The smallest absolute Gasteiger partial charge is 0.167 e. The molecule has 0 amide bonds. The summed E-state index contributed by atoms with van der Waals surface area (Å²) >= 11 is 0. The van der Waals surface area contributed by atoms with E-state index in [0.717, 1.165) is 11.3 Å². The maximum absolute atomic E-state index is 8.73. The van der Waals surface area contributed by atoms with Crippen LogP contribution in [0.2, 0.25) is 0 Å². The van der Waals surface area contributed by atoms with E-state index in [9.17, 15) is 0 Å². The molecule has 0 atom stereocenters. The normalized spacial score (nSPS) is 10.0. The van der Waals surface area contributed by atoms with Crippen molar-refractivity contribution in [1.82, 2.24) is 5.16 Å². The molecule has 2 aromatic carbocycles. The third-order valence-electron chi connectivity index (χ3n) is 2.99. The Morgan fingerprint density at radius 1 is 1.05 bits per heavy atom. The van der Waals surface area contributed by atoms with Crippen LogP contribution in [0.5, 0.6) is 5.75 Å². The number of nitriles is 1. The Bertz CT molecular complexity index is 755. The monoisotopic (exact) mass is 276 g/mol. The molecule has 4 heteroatoms. The van der Waals surface area contributed by atoms with E-state index in [4.69, 9.17) is 14.5 Å². The summed E-state index contributed by atoms with van der Waals surface area (Å²) in [5, 5.41) is 12.7. The Kier molecular flexibility index (Phi) is 3.66. The van der Waals surface area contributed by atoms with Crippen molar-refractivity contribution in [3.63, 3.8) is 0 Å². The number of benzene rings is 2. The number of nitrogens with zero attached hydrogens (tertiary/aromatic N) is 2. The van der Waals surface area contributed by atoms with Crippen molar-refractivity contribution in [1.29, 1.82) is 5.26 Å². The Hall–Kier alpha value is -3.06. The van der Waals surface area contributed by atoms with E-state index in [1.54, 1.807) is 24.3 Å². The molecule has 0 N–H and O–H groups in total. The fourth-order valence-corrected chi connectivity index (χ4v) is 1.90. The molecular formula is C17H12N2O2. The molecule has 0 aliphatic carbocycles. The van der Waals surface area contributed by atoms with Gasteiger partial charge in [-0.1, -0.05) is 35.5 Å². The van der Waals surface area contributed by atoms with E-state index in [0.29, 0.717) is 23.7 Å². The first-order chi connectivity index (χ1) is 10.3.